The van der Waals surface area contributed by atoms with E-state index < -0.39 is 0 Å². The summed E-state index contributed by atoms with van der Waals surface area (Å²) in [5.74, 6) is -0.217. The molecule has 0 amide bonds. The van der Waals surface area contributed by atoms with Gasteiger partial charge in [-0.25, -0.2) is 4.79 Å². The highest BCUT2D eigenvalue weighted by atomic mass is 35.5. The Kier molecular flexibility index (Phi) is 6.32. The number of halogens is 1. The number of ether oxygens (including phenoxy) is 1. The minimum Gasteiger partial charge on any atom is -1.00 e. The van der Waals surface area contributed by atoms with Crippen molar-refractivity contribution in [3.8, 4) is 0 Å². The summed E-state index contributed by atoms with van der Waals surface area (Å²) in [4.78, 5) is 14.3. The van der Waals surface area contributed by atoms with Gasteiger partial charge in [0.05, 0.1) is 5.56 Å². The Morgan fingerprint density at radius 2 is 2.05 bits per heavy atom. The maximum Gasteiger partial charge on any atom is 0.338 e. The molecule has 0 bridgehead atoms. The molecule has 0 aliphatic carbocycles. The first kappa shape index (κ1) is 16.0. The molecule has 1 saturated heterocycles. The largest absolute Gasteiger partial charge is 1.00 e. The Morgan fingerprint density at radius 3 is 2.68 bits per heavy atom. The monoisotopic (exact) mass is 282 g/mol. The van der Waals surface area contributed by atoms with Gasteiger partial charge in [0, 0.05) is 6.54 Å². The van der Waals surface area contributed by atoms with Gasteiger partial charge in [0.2, 0.25) is 0 Å². The van der Waals surface area contributed by atoms with Crippen molar-refractivity contribution < 1.29 is 21.9 Å². The van der Waals surface area contributed by atoms with Gasteiger partial charge in [0.25, 0.3) is 0 Å². The fourth-order valence-corrected chi connectivity index (χ4v) is 2.39. The predicted octanol–water partition coefficient (Wildman–Crippen LogP) is -0.360. The van der Waals surface area contributed by atoms with E-state index in [2.05, 4.69) is 4.90 Å². The maximum atomic E-state index is 11.9. The molecule has 2 rings (SSSR count). The van der Waals surface area contributed by atoms with E-state index >= 15 is 0 Å². The minimum atomic E-state index is -0.217. The van der Waals surface area contributed by atoms with Crippen molar-refractivity contribution >= 4 is 5.97 Å². The average molecular weight is 283 g/mol. The van der Waals surface area contributed by atoms with Crippen LogP contribution in [0.2, 0.25) is 0 Å². The molecule has 1 unspecified atom stereocenters. The van der Waals surface area contributed by atoms with Crippen LogP contribution in [0.4, 0.5) is 0 Å². The van der Waals surface area contributed by atoms with Crippen LogP contribution < -0.4 is 12.4 Å². The van der Waals surface area contributed by atoms with Crippen molar-refractivity contribution in [3.05, 3.63) is 35.4 Å². The van der Waals surface area contributed by atoms with Gasteiger partial charge in [-0.2, -0.15) is 0 Å². The van der Waals surface area contributed by atoms with Crippen molar-refractivity contribution in [1.82, 2.24) is 4.90 Å². The van der Waals surface area contributed by atoms with Gasteiger partial charge in [-0.15, -0.1) is 0 Å². The van der Waals surface area contributed by atoms with Crippen LogP contribution in [0.15, 0.2) is 24.3 Å². The summed E-state index contributed by atoms with van der Waals surface area (Å²) in [5, 5.41) is 0. The smallest absolute Gasteiger partial charge is 0.338 e. The number of likely N-dealkylation sites (tertiary alicyclic amines) is 1. The topological polar surface area (TPSA) is 29.5 Å². The fraction of sp³-hybridized carbons (Fsp3) is 0.533. The second kappa shape index (κ2) is 7.51. The number of hydrogen-bond acceptors (Lipinski definition) is 3. The Labute approximate surface area is 121 Å². The molecule has 0 saturated carbocycles. The Bertz CT molecular complexity index is 416. The summed E-state index contributed by atoms with van der Waals surface area (Å²) in [6.45, 7) is 7.05. The van der Waals surface area contributed by atoms with Crippen LogP contribution in [0.3, 0.4) is 0 Å². The van der Waals surface area contributed by atoms with Crippen molar-refractivity contribution in [1.29, 1.82) is 0 Å². The van der Waals surface area contributed by atoms with Crippen molar-refractivity contribution in [2.45, 2.75) is 32.8 Å². The molecular weight excluding hydrogens is 262 g/mol. The average Bonchev–Trinajstić information content (AvgIpc) is 2.81. The lowest BCUT2D eigenvalue weighted by atomic mass is 10.1. The highest BCUT2D eigenvalue weighted by Gasteiger charge is 2.17. The van der Waals surface area contributed by atoms with E-state index in [4.69, 9.17) is 4.74 Å². The molecule has 0 radical (unpaired) electrons. The van der Waals surface area contributed by atoms with Crippen molar-refractivity contribution in [2.24, 2.45) is 0 Å². The first-order valence-corrected chi connectivity index (χ1v) is 6.65. The van der Waals surface area contributed by atoms with E-state index in [1.54, 1.807) is 6.07 Å². The van der Waals surface area contributed by atoms with Crippen molar-refractivity contribution in [2.75, 3.05) is 19.6 Å². The Hall–Kier alpha value is -1.06. The van der Waals surface area contributed by atoms with Gasteiger partial charge in [0.1, 0.15) is 6.10 Å². The summed E-state index contributed by atoms with van der Waals surface area (Å²) in [6, 6.07) is 7.53. The number of hydrogen-bond donors (Lipinski definition) is 0. The lowest BCUT2D eigenvalue weighted by Gasteiger charge is -2.20. The summed E-state index contributed by atoms with van der Waals surface area (Å²) in [6.07, 6.45) is 2.48. The third kappa shape index (κ3) is 4.84. The number of nitrogens with zero attached hydrogens (tertiary/aromatic N) is 1. The number of rotatable bonds is 4. The van der Waals surface area contributed by atoms with E-state index in [0.717, 1.165) is 25.2 Å². The quantitative estimate of drug-likeness (QED) is 0.707. The number of aryl methyl sites for hydroxylation is 1. The number of carbonyl (C=O) groups is 1. The molecule has 1 aliphatic heterocycles. The lowest BCUT2D eigenvalue weighted by Crippen LogP contribution is -3.00. The summed E-state index contributed by atoms with van der Waals surface area (Å²) in [5.41, 5.74) is 1.72. The highest BCUT2D eigenvalue weighted by Crippen LogP contribution is 2.11. The molecule has 3 nitrogen and oxygen atoms in total. The summed E-state index contributed by atoms with van der Waals surface area (Å²) in [7, 11) is 0. The number of esters is 1. The molecule has 1 aromatic carbocycles. The van der Waals surface area contributed by atoms with Crippen LogP contribution in [0.25, 0.3) is 0 Å². The molecular formula is C15H21ClNO2-. The van der Waals surface area contributed by atoms with Gasteiger partial charge in [-0.1, -0.05) is 17.7 Å². The van der Waals surface area contributed by atoms with Gasteiger partial charge in [-0.3, -0.25) is 4.90 Å². The molecule has 19 heavy (non-hydrogen) atoms. The summed E-state index contributed by atoms with van der Waals surface area (Å²) >= 11 is 0. The molecule has 1 aliphatic rings. The predicted molar refractivity (Wildman–Crippen MR) is 71.7 cm³/mol. The zero-order valence-corrected chi connectivity index (χ0v) is 12.3. The zero-order chi connectivity index (χ0) is 13.0. The molecule has 0 spiro atoms. The van der Waals surface area contributed by atoms with Gasteiger partial charge >= 0.3 is 5.97 Å². The molecule has 1 fully saturated rings. The first-order chi connectivity index (χ1) is 8.65. The van der Waals surface area contributed by atoms with Crippen LogP contribution in [-0.4, -0.2) is 36.6 Å². The summed E-state index contributed by atoms with van der Waals surface area (Å²) < 4.78 is 5.47. The maximum absolute atomic E-state index is 11.9. The number of benzene rings is 1. The van der Waals surface area contributed by atoms with E-state index in [9.17, 15) is 4.79 Å². The fourth-order valence-electron chi connectivity index (χ4n) is 2.39. The normalized spacial score (nSPS) is 16.7. The molecule has 0 aromatic heterocycles. The van der Waals surface area contributed by atoms with Gasteiger partial charge < -0.3 is 17.1 Å². The Balaban J connectivity index is 0.00000180. The third-order valence-corrected chi connectivity index (χ3v) is 3.28. The standard InChI is InChI=1S/C15H21NO2.ClH/c1-12-6-5-7-14(10-12)15(17)18-13(2)11-16-8-3-4-9-16;/h5-7,10,13H,3-4,8-9,11H2,1-2H3;1H/p-1. The second-order valence-corrected chi connectivity index (χ2v) is 5.09. The number of carbonyl (C=O) groups excluding carboxylic acids is 1. The van der Waals surface area contributed by atoms with Crippen LogP contribution in [0, 0.1) is 6.92 Å². The SMILES string of the molecule is Cc1cccc(C(=O)OC(C)CN2CCCC2)c1.[Cl-]. The van der Waals surface area contributed by atoms with Crippen LogP contribution >= 0.6 is 0 Å². The molecule has 1 aromatic rings. The van der Waals surface area contributed by atoms with Gasteiger partial charge in [0.15, 0.2) is 0 Å². The van der Waals surface area contributed by atoms with E-state index in [1.165, 1.54) is 12.8 Å². The van der Waals surface area contributed by atoms with Crippen LogP contribution in [0.5, 0.6) is 0 Å². The van der Waals surface area contributed by atoms with Crippen molar-refractivity contribution in [3.63, 3.8) is 0 Å². The minimum absolute atomic E-state index is 0. The first-order valence-electron chi connectivity index (χ1n) is 6.65. The lowest BCUT2D eigenvalue weighted by molar-refractivity contribution is -0.0000395. The molecule has 0 N–H and O–H groups in total. The molecule has 4 heteroatoms. The van der Waals surface area contributed by atoms with E-state index in [-0.39, 0.29) is 24.5 Å². The van der Waals surface area contributed by atoms with E-state index in [1.807, 2.05) is 32.0 Å². The molecule has 1 atom stereocenters. The molecule has 106 valence electrons. The zero-order valence-electron chi connectivity index (χ0n) is 11.6. The highest BCUT2D eigenvalue weighted by molar-refractivity contribution is 5.89. The third-order valence-electron chi connectivity index (χ3n) is 3.28. The Morgan fingerprint density at radius 1 is 1.37 bits per heavy atom. The molecule has 1 heterocycles. The second-order valence-electron chi connectivity index (χ2n) is 5.09. The van der Waals surface area contributed by atoms with E-state index in [0.29, 0.717) is 5.56 Å². The van der Waals surface area contributed by atoms with Crippen LogP contribution in [-0.2, 0) is 4.74 Å². The van der Waals surface area contributed by atoms with Gasteiger partial charge in [-0.05, 0) is 51.9 Å². The van der Waals surface area contributed by atoms with Crippen LogP contribution in [0.1, 0.15) is 35.7 Å².